The Balaban J connectivity index is 1.20. The molecule has 152 valence electrons. The Labute approximate surface area is 177 Å². The predicted molar refractivity (Wildman–Crippen MR) is 119 cm³/mol. The van der Waals surface area contributed by atoms with E-state index in [0.717, 1.165) is 55.0 Å². The Morgan fingerprint density at radius 3 is 2.43 bits per heavy atom. The minimum Gasteiger partial charge on any atom is -0.497 e. The molecule has 0 radical (unpaired) electrons. The van der Waals surface area contributed by atoms with E-state index in [2.05, 4.69) is 35.2 Å². The molecule has 0 unspecified atom stereocenters. The van der Waals surface area contributed by atoms with Gasteiger partial charge < -0.3 is 9.64 Å². The highest BCUT2D eigenvalue weighted by molar-refractivity contribution is 5.95. The summed E-state index contributed by atoms with van der Waals surface area (Å²) in [5.41, 5.74) is 5.82. The molecule has 2 heterocycles. The molecule has 0 spiro atoms. The number of hydrogen-bond acceptors (Lipinski definition) is 3. The summed E-state index contributed by atoms with van der Waals surface area (Å²) in [5, 5.41) is 0. The van der Waals surface area contributed by atoms with Crippen molar-refractivity contribution in [2.75, 3.05) is 26.7 Å². The van der Waals surface area contributed by atoms with Crippen molar-refractivity contribution in [1.82, 2.24) is 9.80 Å². The lowest BCUT2D eigenvalue weighted by Gasteiger charge is -2.47. The van der Waals surface area contributed by atoms with Crippen molar-refractivity contribution in [1.29, 1.82) is 0 Å². The van der Waals surface area contributed by atoms with Crippen LogP contribution < -0.4 is 4.74 Å². The van der Waals surface area contributed by atoms with Crippen LogP contribution >= 0.6 is 0 Å². The summed E-state index contributed by atoms with van der Waals surface area (Å²) in [6, 6.07) is 25.0. The van der Waals surface area contributed by atoms with Crippen LogP contribution in [0.1, 0.15) is 21.5 Å². The average molecular weight is 399 g/mol. The Hall–Kier alpha value is -3.11. The number of carbonyl (C=O) groups is 1. The predicted octanol–water partition coefficient (Wildman–Crippen LogP) is 4.24. The summed E-state index contributed by atoms with van der Waals surface area (Å²) in [5.74, 6) is 0.959. The minimum atomic E-state index is 0.126. The maximum absolute atomic E-state index is 12.9. The molecule has 30 heavy (non-hydrogen) atoms. The molecule has 4 heteroatoms. The lowest BCUT2D eigenvalue weighted by atomic mass is 9.96. The van der Waals surface area contributed by atoms with Gasteiger partial charge >= 0.3 is 0 Å². The zero-order valence-electron chi connectivity index (χ0n) is 17.3. The van der Waals surface area contributed by atoms with Crippen molar-refractivity contribution in [3.8, 4) is 16.9 Å². The van der Waals surface area contributed by atoms with Crippen LogP contribution in [0.25, 0.3) is 11.1 Å². The fraction of sp³-hybridized carbons (Fsp3) is 0.269. The molecule has 1 amide bonds. The van der Waals surface area contributed by atoms with Gasteiger partial charge in [-0.3, -0.25) is 9.69 Å². The highest BCUT2D eigenvalue weighted by Crippen LogP contribution is 2.27. The monoisotopic (exact) mass is 398 g/mol. The van der Waals surface area contributed by atoms with Gasteiger partial charge in [-0.15, -0.1) is 0 Å². The van der Waals surface area contributed by atoms with E-state index in [1.54, 1.807) is 7.11 Å². The van der Waals surface area contributed by atoms with Crippen molar-refractivity contribution >= 4 is 5.91 Å². The lowest BCUT2D eigenvalue weighted by Crippen LogP contribution is -2.61. The standard InChI is InChI=1S/C26H26N2O2/c1-30-25-8-4-7-22(15-25)20-9-11-21(12-10-20)26(29)28-17-24(18-28)27-14-13-19-5-2-3-6-23(19)16-27/h2-12,15,24H,13-14,16-18H2,1H3. The molecule has 0 aromatic heterocycles. The Morgan fingerprint density at radius 2 is 1.67 bits per heavy atom. The fourth-order valence-corrected chi connectivity index (χ4v) is 4.47. The van der Waals surface area contributed by atoms with Crippen LogP contribution in [0.2, 0.25) is 0 Å². The SMILES string of the molecule is COc1cccc(-c2ccc(C(=O)N3CC(N4CCc5ccccc5C4)C3)cc2)c1. The van der Waals surface area contributed by atoms with E-state index in [9.17, 15) is 4.79 Å². The molecule has 4 nitrogen and oxygen atoms in total. The van der Waals surface area contributed by atoms with Gasteiger partial charge in [0.1, 0.15) is 5.75 Å². The minimum absolute atomic E-state index is 0.126. The number of nitrogens with zero attached hydrogens (tertiary/aromatic N) is 2. The largest absolute Gasteiger partial charge is 0.497 e. The lowest BCUT2D eigenvalue weighted by molar-refractivity contribution is 0.0218. The number of hydrogen-bond donors (Lipinski definition) is 0. The summed E-state index contributed by atoms with van der Waals surface area (Å²) >= 11 is 0. The zero-order chi connectivity index (χ0) is 20.5. The van der Waals surface area contributed by atoms with Crippen molar-refractivity contribution in [3.63, 3.8) is 0 Å². The number of rotatable bonds is 4. The molecule has 2 aliphatic rings. The smallest absolute Gasteiger partial charge is 0.253 e. The Kier molecular flexibility index (Phi) is 5.01. The molecule has 0 N–H and O–H groups in total. The molecule has 3 aromatic rings. The number of carbonyl (C=O) groups excluding carboxylic acids is 1. The maximum atomic E-state index is 12.9. The van der Waals surface area contributed by atoms with Crippen LogP contribution in [-0.2, 0) is 13.0 Å². The summed E-state index contributed by atoms with van der Waals surface area (Å²) in [6.07, 6.45) is 1.10. The molecule has 2 aliphatic heterocycles. The van der Waals surface area contributed by atoms with Gasteiger partial charge in [-0.1, -0.05) is 48.5 Å². The average Bonchev–Trinajstić information content (AvgIpc) is 2.78. The molecular weight excluding hydrogens is 372 g/mol. The molecule has 0 aliphatic carbocycles. The second kappa shape index (κ2) is 7.96. The second-order valence-corrected chi connectivity index (χ2v) is 8.16. The van der Waals surface area contributed by atoms with Gasteiger partial charge in [0, 0.05) is 37.8 Å². The number of methoxy groups -OCH3 is 1. The van der Waals surface area contributed by atoms with Gasteiger partial charge in [0.15, 0.2) is 0 Å². The number of ether oxygens (including phenoxy) is 1. The molecule has 1 fully saturated rings. The molecule has 0 atom stereocenters. The summed E-state index contributed by atoms with van der Waals surface area (Å²) in [4.78, 5) is 17.4. The van der Waals surface area contributed by atoms with E-state index in [1.165, 1.54) is 11.1 Å². The van der Waals surface area contributed by atoms with Crippen LogP contribution in [-0.4, -0.2) is 48.5 Å². The first-order chi connectivity index (χ1) is 14.7. The van der Waals surface area contributed by atoms with Gasteiger partial charge in [0.2, 0.25) is 0 Å². The van der Waals surface area contributed by atoms with Crippen LogP contribution in [0.3, 0.4) is 0 Å². The molecule has 0 bridgehead atoms. The topological polar surface area (TPSA) is 32.8 Å². The third kappa shape index (κ3) is 3.59. The summed E-state index contributed by atoms with van der Waals surface area (Å²) < 4.78 is 5.31. The van der Waals surface area contributed by atoms with Crippen molar-refractivity contribution in [3.05, 3.63) is 89.5 Å². The molecular formula is C26H26N2O2. The van der Waals surface area contributed by atoms with E-state index in [-0.39, 0.29) is 5.91 Å². The van der Waals surface area contributed by atoms with Crippen molar-refractivity contribution < 1.29 is 9.53 Å². The Morgan fingerprint density at radius 1 is 0.900 bits per heavy atom. The number of likely N-dealkylation sites (tertiary alicyclic amines) is 1. The highest BCUT2D eigenvalue weighted by Gasteiger charge is 2.36. The summed E-state index contributed by atoms with van der Waals surface area (Å²) in [7, 11) is 1.67. The van der Waals surface area contributed by atoms with Crippen molar-refractivity contribution in [2.24, 2.45) is 0 Å². The quantitative estimate of drug-likeness (QED) is 0.659. The normalized spacial score (nSPS) is 16.6. The van der Waals surface area contributed by atoms with Gasteiger partial charge in [0.25, 0.3) is 5.91 Å². The fourth-order valence-electron chi connectivity index (χ4n) is 4.47. The van der Waals surface area contributed by atoms with E-state index in [4.69, 9.17) is 4.74 Å². The molecule has 0 saturated carbocycles. The first kappa shape index (κ1) is 18.9. The first-order valence-electron chi connectivity index (χ1n) is 10.6. The number of amides is 1. The van der Waals surface area contributed by atoms with Crippen LogP contribution in [0.5, 0.6) is 5.75 Å². The van der Waals surface area contributed by atoms with Gasteiger partial charge in [0.05, 0.1) is 7.11 Å². The Bertz CT molecular complexity index is 1050. The van der Waals surface area contributed by atoms with E-state index >= 15 is 0 Å². The highest BCUT2D eigenvalue weighted by atomic mass is 16.5. The van der Waals surface area contributed by atoms with Crippen LogP contribution in [0.15, 0.2) is 72.8 Å². The molecule has 1 saturated heterocycles. The molecule has 3 aromatic carbocycles. The summed E-state index contributed by atoms with van der Waals surface area (Å²) in [6.45, 7) is 3.72. The third-order valence-electron chi connectivity index (χ3n) is 6.36. The van der Waals surface area contributed by atoms with Crippen LogP contribution in [0.4, 0.5) is 0 Å². The second-order valence-electron chi connectivity index (χ2n) is 8.16. The first-order valence-corrected chi connectivity index (χ1v) is 10.6. The zero-order valence-corrected chi connectivity index (χ0v) is 17.3. The molecule has 5 rings (SSSR count). The van der Waals surface area contributed by atoms with Gasteiger partial charge in [-0.2, -0.15) is 0 Å². The van der Waals surface area contributed by atoms with E-state index in [1.807, 2.05) is 47.4 Å². The van der Waals surface area contributed by atoms with Crippen LogP contribution in [0, 0.1) is 0 Å². The third-order valence-corrected chi connectivity index (χ3v) is 6.36. The van der Waals surface area contributed by atoms with Crippen molar-refractivity contribution in [2.45, 2.75) is 19.0 Å². The number of fused-ring (bicyclic) bond motifs is 1. The van der Waals surface area contributed by atoms with Gasteiger partial charge in [-0.25, -0.2) is 0 Å². The number of benzene rings is 3. The maximum Gasteiger partial charge on any atom is 0.253 e. The van der Waals surface area contributed by atoms with E-state index in [0.29, 0.717) is 6.04 Å². The van der Waals surface area contributed by atoms with Gasteiger partial charge in [-0.05, 0) is 52.9 Å². The van der Waals surface area contributed by atoms with E-state index < -0.39 is 0 Å².